The van der Waals surface area contributed by atoms with E-state index in [0.717, 1.165) is 5.92 Å². The van der Waals surface area contributed by atoms with Gasteiger partial charge in [0.2, 0.25) is 0 Å². The molecule has 0 fully saturated rings. The summed E-state index contributed by atoms with van der Waals surface area (Å²) < 4.78 is 0. The second-order valence-electron chi connectivity index (χ2n) is 6.45. The molecule has 0 aliphatic heterocycles. The molecular weight excluding hydrogens is 206 g/mol. The Labute approximate surface area is 106 Å². The van der Waals surface area contributed by atoms with Crippen molar-refractivity contribution in [3.63, 3.8) is 0 Å². The maximum absolute atomic E-state index is 3.46. The Hall–Kier alpha value is -0.820. The van der Waals surface area contributed by atoms with Crippen LogP contribution in [0.15, 0.2) is 18.2 Å². The molecular formula is C16H25N. The fourth-order valence-corrected chi connectivity index (χ4v) is 3.10. The third kappa shape index (κ3) is 2.40. The predicted octanol–water partition coefficient (Wildman–Crippen LogP) is 3.83. The summed E-state index contributed by atoms with van der Waals surface area (Å²) >= 11 is 0. The van der Waals surface area contributed by atoms with Crippen molar-refractivity contribution in [1.29, 1.82) is 0 Å². The summed E-state index contributed by atoms with van der Waals surface area (Å²) in [6.45, 7) is 9.27. The normalized spacial score (nSPS) is 21.9. The molecule has 2 rings (SSSR count). The van der Waals surface area contributed by atoms with Gasteiger partial charge in [-0.15, -0.1) is 0 Å². The van der Waals surface area contributed by atoms with Crippen molar-refractivity contribution in [2.75, 3.05) is 7.05 Å². The van der Waals surface area contributed by atoms with Crippen LogP contribution in [0.3, 0.4) is 0 Å². The SMILES string of the molecule is CNC1CC(C)(C)c2ccc(CC(C)C)cc21. The summed E-state index contributed by atoms with van der Waals surface area (Å²) in [6.07, 6.45) is 2.40. The largest absolute Gasteiger partial charge is 0.313 e. The molecule has 0 spiro atoms. The zero-order valence-corrected chi connectivity index (χ0v) is 11.8. The Morgan fingerprint density at radius 2 is 2.06 bits per heavy atom. The standard InChI is InChI=1S/C16H25N/c1-11(2)8-12-6-7-14-13(9-12)15(17-5)10-16(14,3)4/h6-7,9,11,15,17H,8,10H2,1-5H3. The first kappa shape index (κ1) is 12.6. The van der Waals surface area contributed by atoms with E-state index in [1.807, 2.05) is 0 Å². The monoisotopic (exact) mass is 231 g/mol. The highest BCUT2D eigenvalue weighted by atomic mass is 14.9. The van der Waals surface area contributed by atoms with Crippen LogP contribution < -0.4 is 5.32 Å². The number of hydrogen-bond donors (Lipinski definition) is 1. The van der Waals surface area contributed by atoms with Gasteiger partial charge in [-0.05, 0) is 47.9 Å². The average molecular weight is 231 g/mol. The molecule has 0 saturated carbocycles. The molecule has 0 bridgehead atoms. The fourth-order valence-electron chi connectivity index (χ4n) is 3.10. The van der Waals surface area contributed by atoms with E-state index in [1.165, 1.54) is 29.5 Å². The van der Waals surface area contributed by atoms with Gasteiger partial charge in [0.25, 0.3) is 0 Å². The molecule has 1 N–H and O–H groups in total. The highest BCUT2D eigenvalue weighted by molar-refractivity contribution is 5.43. The lowest BCUT2D eigenvalue weighted by molar-refractivity contribution is 0.447. The molecule has 0 heterocycles. The summed E-state index contributed by atoms with van der Waals surface area (Å²) in [4.78, 5) is 0. The summed E-state index contributed by atoms with van der Waals surface area (Å²) in [5.41, 5.74) is 4.86. The minimum atomic E-state index is 0.319. The summed E-state index contributed by atoms with van der Waals surface area (Å²) in [5, 5.41) is 3.46. The van der Waals surface area contributed by atoms with E-state index >= 15 is 0 Å². The van der Waals surface area contributed by atoms with Crippen molar-refractivity contribution in [3.05, 3.63) is 34.9 Å². The van der Waals surface area contributed by atoms with Gasteiger partial charge in [0.15, 0.2) is 0 Å². The number of nitrogens with one attached hydrogen (secondary N) is 1. The van der Waals surface area contributed by atoms with Crippen molar-refractivity contribution in [2.45, 2.75) is 52.0 Å². The van der Waals surface area contributed by atoms with Crippen LogP contribution in [0, 0.1) is 5.92 Å². The quantitative estimate of drug-likeness (QED) is 0.833. The van der Waals surface area contributed by atoms with Crippen LogP contribution in [0.25, 0.3) is 0 Å². The minimum Gasteiger partial charge on any atom is -0.313 e. The third-order valence-electron chi connectivity index (χ3n) is 3.93. The number of fused-ring (bicyclic) bond motifs is 1. The predicted molar refractivity (Wildman–Crippen MR) is 74.4 cm³/mol. The molecule has 1 aliphatic rings. The molecule has 1 heteroatoms. The molecule has 17 heavy (non-hydrogen) atoms. The van der Waals surface area contributed by atoms with E-state index in [-0.39, 0.29) is 0 Å². The topological polar surface area (TPSA) is 12.0 Å². The lowest BCUT2D eigenvalue weighted by atomic mass is 9.86. The highest BCUT2D eigenvalue weighted by Crippen LogP contribution is 2.44. The van der Waals surface area contributed by atoms with Crippen LogP contribution in [0.4, 0.5) is 0 Å². The Kier molecular flexibility index (Phi) is 3.31. The van der Waals surface area contributed by atoms with E-state index in [2.05, 4.69) is 58.3 Å². The lowest BCUT2D eigenvalue weighted by Gasteiger charge is -2.19. The smallest absolute Gasteiger partial charge is 0.0328 e. The summed E-state index contributed by atoms with van der Waals surface area (Å²) in [7, 11) is 2.07. The molecule has 0 radical (unpaired) electrons. The van der Waals surface area contributed by atoms with Crippen molar-refractivity contribution >= 4 is 0 Å². The van der Waals surface area contributed by atoms with Crippen molar-refractivity contribution in [1.82, 2.24) is 5.32 Å². The van der Waals surface area contributed by atoms with E-state index in [0.29, 0.717) is 11.5 Å². The minimum absolute atomic E-state index is 0.319. The highest BCUT2D eigenvalue weighted by Gasteiger charge is 2.35. The van der Waals surface area contributed by atoms with Gasteiger partial charge in [-0.1, -0.05) is 45.9 Å². The van der Waals surface area contributed by atoms with Crippen LogP contribution in [-0.2, 0) is 11.8 Å². The molecule has 0 saturated heterocycles. The van der Waals surface area contributed by atoms with E-state index in [4.69, 9.17) is 0 Å². The molecule has 0 amide bonds. The second kappa shape index (κ2) is 4.45. The van der Waals surface area contributed by atoms with Crippen LogP contribution in [0.2, 0.25) is 0 Å². The lowest BCUT2D eigenvalue weighted by Crippen LogP contribution is -2.17. The van der Waals surface area contributed by atoms with Crippen molar-refractivity contribution in [3.8, 4) is 0 Å². The van der Waals surface area contributed by atoms with Crippen LogP contribution in [0.1, 0.15) is 56.8 Å². The molecule has 1 unspecified atom stereocenters. The van der Waals surface area contributed by atoms with Crippen LogP contribution in [-0.4, -0.2) is 7.05 Å². The second-order valence-corrected chi connectivity index (χ2v) is 6.45. The van der Waals surface area contributed by atoms with Gasteiger partial charge < -0.3 is 5.32 Å². The van der Waals surface area contributed by atoms with Crippen LogP contribution in [0.5, 0.6) is 0 Å². The molecule has 94 valence electrons. The number of rotatable bonds is 3. The molecule has 0 aromatic heterocycles. The fraction of sp³-hybridized carbons (Fsp3) is 0.625. The number of benzene rings is 1. The van der Waals surface area contributed by atoms with Gasteiger partial charge >= 0.3 is 0 Å². The molecule has 1 atom stereocenters. The summed E-state index contributed by atoms with van der Waals surface area (Å²) in [6, 6.07) is 7.63. The summed E-state index contributed by atoms with van der Waals surface area (Å²) in [5.74, 6) is 0.732. The average Bonchev–Trinajstić information content (AvgIpc) is 2.49. The molecule has 1 aromatic rings. The van der Waals surface area contributed by atoms with Crippen LogP contribution >= 0.6 is 0 Å². The first-order valence-corrected chi connectivity index (χ1v) is 6.74. The first-order valence-electron chi connectivity index (χ1n) is 6.74. The van der Waals surface area contributed by atoms with Gasteiger partial charge in [-0.3, -0.25) is 0 Å². The Balaban J connectivity index is 2.37. The molecule has 1 aliphatic carbocycles. The maximum Gasteiger partial charge on any atom is 0.0328 e. The zero-order chi connectivity index (χ0) is 12.6. The van der Waals surface area contributed by atoms with E-state index < -0.39 is 0 Å². The Morgan fingerprint density at radius 1 is 1.35 bits per heavy atom. The van der Waals surface area contributed by atoms with Gasteiger partial charge in [-0.2, -0.15) is 0 Å². The zero-order valence-electron chi connectivity index (χ0n) is 11.8. The van der Waals surface area contributed by atoms with Gasteiger partial charge in [0.1, 0.15) is 0 Å². The van der Waals surface area contributed by atoms with Crippen molar-refractivity contribution < 1.29 is 0 Å². The first-order chi connectivity index (χ1) is 7.94. The third-order valence-corrected chi connectivity index (χ3v) is 3.93. The van der Waals surface area contributed by atoms with Crippen molar-refractivity contribution in [2.24, 2.45) is 5.92 Å². The van der Waals surface area contributed by atoms with Gasteiger partial charge in [-0.25, -0.2) is 0 Å². The Bertz CT molecular complexity index is 404. The molecule has 1 aromatic carbocycles. The maximum atomic E-state index is 3.46. The Morgan fingerprint density at radius 3 is 2.65 bits per heavy atom. The van der Waals surface area contributed by atoms with Gasteiger partial charge in [0, 0.05) is 6.04 Å². The number of hydrogen-bond acceptors (Lipinski definition) is 1. The molecule has 1 nitrogen and oxygen atoms in total. The van der Waals surface area contributed by atoms with E-state index in [9.17, 15) is 0 Å². The van der Waals surface area contributed by atoms with Gasteiger partial charge in [0.05, 0.1) is 0 Å². The van der Waals surface area contributed by atoms with E-state index in [1.54, 1.807) is 0 Å².